The number of aliphatic hydroxyl groups is 1. The molecule has 0 amide bonds. The number of aliphatic hydroxyl groups excluding tert-OH is 1. The third-order valence-electron chi connectivity index (χ3n) is 1.70. The Morgan fingerprint density at radius 3 is 2.62 bits per heavy atom. The summed E-state index contributed by atoms with van der Waals surface area (Å²) in [6.07, 6.45) is 2.71. The first kappa shape index (κ1) is 9.93. The monoisotopic (exact) mass is 180 g/mol. The van der Waals surface area contributed by atoms with Crippen molar-refractivity contribution < 1.29 is 9.50 Å². The summed E-state index contributed by atoms with van der Waals surface area (Å²) in [5, 5.41) is 8.42. The minimum atomic E-state index is -1.14. The van der Waals surface area contributed by atoms with Crippen LogP contribution in [0.15, 0.2) is 36.4 Å². The van der Waals surface area contributed by atoms with Crippen LogP contribution in [-0.4, -0.2) is 17.9 Å². The van der Waals surface area contributed by atoms with Gasteiger partial charge in [-0.3, -0.25) is 0 Å². The molecule has 0 aliphatic rings. The molecule has 1 aromatic rings. The minimum absolute atomic E-state index is 0.269. The number of hydrogen-bond acceptors (Lipinski definition) is 1. The largest absolute Gasteiger partial charge is 0.393 e. The molecule has 0 aliphatic carbocycles. The van der Waals surface area contributed by atoms with E-state index in [1.165, 1.54) is 0 Å². The van der Waals surface area contributed by atoms with Crippen LogP contribution in [0.1, 0.15) is 12.0 Å². The van der Waals surface area contributed by atoms with Gasteiger partial charge in [0.25, 0.3) is 0 Å². The lowest BCUT2D eigenvalue weighted by Gasteiger charge is -1.97. The maximum Gasteiger partial charge on any atom is 0.126 e. The number of rotatable bonds is 4. The van der Waals surface area contributed by atoms with Gasteiger partial charge in [0.1, 0.15) is 6.17 Å². The zero-order valence-electron chi connectivity index (χ0n) is 7.36. The van der Waals surface area contributed by atoms with Crippen LogP contribution in [0.5, 0.6) is 0 Å². The zero-order valence-corrected chi connectivity index (χ0v) is 7.36. The normalized spacial score (nSPS) is 13.4. The van der Waals surface area contributed by atoms with Gasteiger partial charge in [0.2, 0.25) is 0 Å². The van der Waals surface area contributed by atoms with Crippen molar-refractivity contribution in [1.29, 1.82) is 0 Å². The van der Waals surface area contributed by atoms with E-state index in [9.17, 15) is 4.39 Å². The molecule has 1 rings (SSSR count). The molecule has 2 heteroatoms. The maximum absolute atomic E-state index is 12.5. The van der Waals surface area contributed by atoms with Crippen molar-refractivity contribution in [2.24, 2.45) is 0 Å². The van der Waals surface area contributed by atoms with Crippen molar-refractivity contribution in [2.75, 3.05) is 6.61 Å². The van der Waals surface area contributed by atoms with Crippen LogP contribution in [-0.2, 0) is 0 Å². The van der Waals surface area contributed by atoms with Gasteiger partial charge in [0, 0.05) is 0 Å². The summed E-state index contributed by atoms with van der Waals surface area (Å²) in [5.74, 6) is 0. The Balaban J connectivity index is 2.41. The van der Waals surface area contributed by atoms with Gasteiger partial charge in [0.05, 0.1) is 6.61 Å². The highest BCUT2D eigenvalue weighted by atomic mass is 19.1. The van der Waals surface area contributed by atoms with Gasteiger partial charge < -0.3 is 5.11 Å². The number of alkyl halides is 1. The number of benzene rings is 1. The van der Waals surface area contributed by atoms with Crippen LogP contribution in [0.3, 0.4) is 0 Å². The Bertz CT molecular complexity index is 256. The highest BCUT2D eigenvalue weighted by Crippen LogP contribution is 2.04. The van der Waals surface area contributed by atoms with Crippen LogP contribution in [0.2, 0.25) is 0 Å². The molecular weight excluding hydrogens is 167 g/mol. The average Bonchev–Trinajstić information content (AvgIpc) is 2.19. The second kappa shape index (κ2) is 5.49. The molecule has 0 saturated carbocycles. The zero-order chi connectivity index (χ0) is 9.52. The molecule has 13 heavy (non-hydrogen) atoms. The number of halogens is 1. The van der Waals surface area contributed by atoms with Gasteiger partial charge in [-0.15, -0.1) is 0 Å². The van der Waals surface area contributed by atoms with Crippen LogP contribution in [0, 0.1) is 0 Å². The molecule has 1 N–H and O–H groups in total. The Morgan fingerprint density at radius 1 is 1.31 bits per heavy atom. The first-order valence-corrected chi connectivity index (χ1v) is 4.29. The van der Waals surface area contributed by atoms with Crippen molar-refractivity contribution in [2.45, 2.75) is 12.6 Å². The van der Waals surface area contributed by atoms with E-state index in [-0.39, 0.29) is 6.42 Å². The van der Waals surface area contributed by atoms with Crippen LogP contribution in [0.4, 0.5) is 4.39 Å². The van der Waals surface area contributed by atoms with E-state index >= 15 is 0 Å². The molecule has 1 nitrogen and oxygen atoms in total. The van der Waals surface area contributed by atoms with Crippen LogP contribution >= 0.6 is 0 Å². The lowest BCUT2D eigenvalue weighted by atomic mass is 10.2. The Hall–Kier alpha value is -1.15. The summed E-state index contributed by atoms with van der Waals surface area (Å²) in [4.78, 5) is 0. The van der Waals surface area contributed by atoms with Crippen molar-refractivity contribution in [1.82, 2.24) is 0 Å². The van der Waals surface area contributed by atoms with E-state index in [0.29, 0.717) is 0 Å². The van der Waals surface area contributed by atoms with Gasteiger partial charge >= 0.3 is 0 Å². The van der Waals surface area contributed by atoms with Crippen molar-refractivity contribution in [3.8, 4) is 0 Å². The first-order valence-electron chi connectivity index (χ1n) is 4.29. The molecule has 0 saturated heterocycles. The molecule has 1 atom stereocenters. The average molecular weight is 180 g/mol. The summed E-state index contributed by atoms with van der Waals surface area (Å²) in [5.41, 5.74) is 1.05. The Morgan fingerprint density at radius 2 is 2.00 bits per heavy atom. The quantitative estimate of drug-likeness (QED) is 0.754. The topological polar surface area (TPSA) is 20.2 Å². The fourth-order valence-corrected chi connectivity index (χ4v) is 0.990. The summed E-state index contributed by atoms with van der Waals surface area (Å²) in [7, 11) is 0. The standard InChI is InChI=1S/C11H13FO/c12-11(9-13)8-4-7-10-5-2-1-3-6-10/h1-7,11,13H,8-9H2/b7-4+/t11-/m0/s1. The molecule has 0 aliphatic heterocycles. The summed E-state index contributed by atoms with van der Waals surface area (Å²) in [6.45, 7) is -0.404. The predicted molar refractivity (Wildman–Crippen MR) is 52.1 cm³/mol. The Labute approximate surface area is 77.5 Å². The van der Waals surface area contributed by atoms with Gasteiger partial charge in [-0.1, -0.05) is 42.5 Å². The molecule has 1 aromatic carbocycles. The lowest BCUT2D eigenvalue weighted by molar-refractivity contribution is 0.180. The minimum Gasteiger partial charge on any atom is -0.393 e. The van der Waals surface area contributed by atoms with Crippen LogP contribution in [0.25, 0.3) is 6.08 Å². The molecule has 0 radical (unpaired) electrons. The summed E-state index contributed by atoms with van der Waals surface area (Å²) < 4.78 is 12.5. The molecule has 0 bridgehead atoms. The van der Waals surface area contributed by atoms with Gasteiger partial charge in [0.15, 0.2) is 0 Å². The second-order valence-electron chi connectivity index (χ2n) is 2.83. The highest BCUT2D eigenvalue weighted by molar-refractivity contribution is 5.48. The first-order chi connectivity index (χ1) is 6.33. The second-order valence-corrected chi connectivity index (χ2v) is 2.83. The predicted octanol–water partition coefficient (Wildman–Crippen LogP) is 2.42. The molecule has 70 valence electrons. The molecule has 0 fully saturated rings. The molecule has 0 spiro atoms. The van der Waals surface area contributed by atoms with E-state index < -0.39 is 12.8 Å². The maximum atomic E-state index is 12.5. The third-order valence-corrected chi connectivity index (χ3v) is 1.70. The smallest absolute Gasteiger partial charge is 0.126 e. The number of allylic oxidation sites excluding steroid dienone is 1. The third kappa shape index (κ3) is 3.85. The van der Waals surface area contributed by atoms with Crippen molar-refractivity contribution >= 4 is 6.08 Å². The van der Waals surface area contributed by atoms with E-state index in [4.69, 9.17) is 5.11 Å². The fraction of sp³-hybridized carbons (Fsp3) is 0.273. The van der Waals surface area contributed by atoms with Gasteiger partial charge in [-0.05, 0) is 12.0 Å². The summed E-state index contributed by atoms with van der Waals surface area (Å²) in [6, 6.07) is 9.69. The highest BCUT2D eigenvalue weighted by Gasteiger charge is 1.99. The SMILES string of the molecule is OC[C@@H](F)C/C=C/c1ccccc1. The van der Waals surface area contributed by atoms with Crippen molar-refractivity contribution in [3.63, 3.8) is 0 Å². The van der Waals surface area contributed by atoms with E-state index in [1.807, 2.05) is 36.4 Å². The molecule has 0 heterocycles. The molecule has 0 unspecified atom stereocenters. The summed E-state index contributed by atoms with van der Waals surface area (Å²) >= 11 is 0. The fourth-order valence-electron chi connectivity index (χ4n) is 0.990. The van der Waals surface area contributed by atoms with Gasteiger partial charge in [-0.25, -0.2) is 4.39 Å². The molecular formula is C11H13FO. The van der Waals surface area contributed by atoms with Crippen molar-refractivity contribution in [3.05, 3.63) is 42.0 Å². The lowest BCUT2D eigenvalue weighted by Crippen LogP contribution is -2.03. The Kier molecular flexibility index (Phi) is 4.19. The van der Waals surface area contributed by atoms with Gasteiger partial charge in [-0.2, -0.15) is 0 Å². The van der Waals surface area contributed by atoms with Crippen LogP contribution < -0.4 is 0 Å². The number of hydrogen-bond donors (Lipinski definition) is 1. The van der Waals surface area contributed by atoms with E-state index in [2.05, 4.69) is 0 Å². The van der Waals surface area contributed by atoms with E-state index in [0.717, 1.165) is 5.56 Å². The molecule has 0 aromatic heterocycles. The van der Waals surface area contributed by atoms with E-state index in [1.54, 1.807) is 6.08 Å².